The van der Waals surface area contributed by atoms with E-state index in [1.165, 1.54) is 0 Å². The van der Waals surface area contributed by atoms with Crippen molar-refractivity contribution in [3.63, 3.8) is 0 Å². The second kappa shape index (κ2) is 2.64. The van der Waals surface area contributed by atoms with Crippen LogP contribution >= 0.6 is 34.8 Å². The minimum Gasteiger partial charge on any atom is -0.0383 e. The van der Waals surface area contributed by atoms with E-state index in [-0.39, 0.29) is 15.9 Å². The number of hydrogen-bond donors (Lipinski definition) is 0. The molecule has 1 heterocycles. The predicted molar refractivity (Wildman–Crippen MR) is 39.6 cm³/mol. The largest absolute Gasteiger partial charge is 0.374 e. The lowest BCUT2D eigenvalue weighted by atomic mass is 11.0. The average molecular weight is 184 g/mol. The van der Waals surface area contributed by atoms with E-state index in [4.69, 9.17) is 34.8 Å². The standard InChI is InChI=1S/C3Cl3N3/c4-1-7-2(5)9-3(6)8-1/q+1. The van der Waals surface area contributed by atoms with E-state index in [0.29, 0.717) is 0 Å². The molecular formula is C3Cl3N3+. The summed E-state index contributed by atoms with van der Waals surface area (Å²) in [5.41, 5.74) is 0. The fourth-order valence-corrected chi connectivity index (χ4v) is 0.913. The monoisotopic (exact) mass is 183 g/mol. The number of hydrogen-bond acceptors (Lipinski definition) is 3. The summed E-state index contributed by atoms with van der Waals surface area (Å²) in [5, 5.41) is 0.00000000000000178. The molecule has 0 atom stereocenters. The minimum atomic E-state index is 0.000000000000000444. The van der Waals surface area contributed by atoms with Gasteiger partial charge in [0.1, 0.15) is 0 Å². The Morgan fingerprint density at radius 2 is 1.78 bits per heavy atom. The van der Waals surface area contributed by atoms with Gasteiger partial charge in [0.25, 0.3) is 0 Å². The maximum absolute atomic E-state index is 5.32. The van der Waals surface area contributed by atoms with Crippen molar-refractivity contribution >= 4 is 50.7 Å². The summed E-state index contributed by atoms with van der Waals surface area (Å²) >= 11 is 16.0. The van der Waals surface area contributed by atoms with Crippen LogP contribution in [-0.4, -0.2) is 15.9 Å². The van der Waals surface area contributed by atoms with Crippen LogP contribution in [-0.2, 0) is 0 Å². The lowest BCUT2D eigenvalue weighted by molar-refractivity contribution is 1.43. The van der Waals surface area contributed by atoms with E-state index in [1.54, 1.807) is 0 Å². The van der Waals surface area contributed by atoms with Crippen LogP contribution < -0.4 is 4.99 Å². The van der Waals surface area contributed by atoms with Gasteiger partial charge in [0.2, 0.25) is 0 Å². The summed E-state index contributed by atoms with van der Waals surface area (Å²) in [6.45, 7) is 0. The van der Waals surface area contributed by atoms with Crippen LogP contribution in [0.5, 0.6) is 0 Å². The van der Waals surface area contributed by atoms with Crippen molar-refractivity contribution in [1.82, 2.24) is 4.99 Å². The van der Waals surface area contributed by atoms with E-state index >= 15 is 0 Å². The van der Waals surface area contributed by atoms with Gasteiger partial charge in [-0.1, -0.05) is 0 Å². The third-order valence-corrected chi connectivity index (χ3v) is 1.06. The first kappa shape index (κ1) is 6.99. The summed E-state index contributed by atoms with van der Waals surface area (Å²) < 4.78 is 0. The number of halogens is 3. The highest BCUT2D eigenvalue weighted by atomic mass is 35.5. The van der Waals surface area contributed by atoms with Crippen LogP contribution in [0, 0.1) is 0 Å². The Labute approximate surface area is 66.1 Å². The third kappa shape index (κ3) is 1.93. The molecule has 1 radical (unpaired) electrons. The van der Waals surface area contributed by atoms with Gasteiger partial charge in [0.15, 0.2) is 0 Å². The fourth-order valence-electron chi connectivity index (χ4n) is 0.303. The molecule has 0 saturated carbocycles. The number of nitrogens with zero attached hydrogens (tertiary/aromatic N) is 3. The second-order valence-electron chi connectivity index (χ2n) is 1.14. The first-order valence-electron chi connectivity index (χ1n) is 1.91. The van der Waals surface area contributed by atoms with E-state index in [9.17, 15) is 0 Å². The summed E-state index contributed by atoms with van der Waals surface area (Å²) in [6, 6.07) is 0. The zero-order valence-electron chi connectivity index (χ0n) is 3.98. The number of rotatable bonds is 0. The lowest BCUT2D eigenvalue weighted by Gasteiger charge is -1.81. The molecule has 0 N–H and O–H groups in total. The molecule has 0 aromatic rings. The molecule has 1 rings (SSSR count). The van der Waals surface area contributed by atoms with Gasteiger partial charge >= 0.3 is 15.9 Å². The Bertz CT molecular complexity index is 170. The average Bonchev–Trinajstić information content (AvgIpc) is 1.59. The summed E-state index contributed by atoms with van der Waals surface area (Å²) in [5.74, 6) is 0. The first-order valence-corrected chi connectivity index (χ1v) is 3.04. The van der Waals surface area contributed by atoms with Crippen LogP contribution in [0.15, 0.2) is 9.98 Å². The Kier molecular flexibility index (Phi) is 2.05. The van der Waals surface area contributed by atoms with Crippen LogP contribution in [0.1, 0.15) is 0 Å². The Morgan fingerprint density at radius 3 is 2.22 bits per heavy atom. The SMILES string of the molecule is ClC1=NC(Cl)=[N+]C(Cl)=N1. The maximum atomic E-state index is 5.32. The Balaban J connectivity index is 2.98. The summed E-state index contributed by atoms with van der Waals surface area (Å²) in [6.07, 6.45) is 0. The van der Waals surface area contributed by atoms with Gasteiger partial charge in [-0.15, -0.1) is 0 Å². The van der Waals surface area contributed by atoms with E-state index in [2.05, 4.69) is 15.0 Å². The summed E-state index contributed by atoms with van der Waals surface area (Å²) in [4.78, 5) is 10.4. The highest BCUT2D eigenvalue weighted by Crippen LogP contribution is 1.99. The second-order valence-corrected chi connectivity index (χ2v) is 2.16. The van der Waals surface area contributed by atoms with Gasteiger partial charge in [0.05, 0.1) is 0 Å². The van der Waals surface area contributed by atoms with E-state index in [1.807, 2.05) is 0 Å². The zero-order valence-corrected chi connectivity index (χ0v) is 6.24. The van der Waals surface area contributed by atoms with Crippen molar-refractivity contribution in [1.29, 1.82) is 0 Å². The van der Waals surface area contributed by atoms with Gasteiger partial charge in [-0.2, -0.15) is 0 Å². The van der Waals surface area contributed by atoms with Gasteiger partial charge < -0.3 is 0 Å². The quantitative estimate of drug-likeness (QED) is 0.506. The molecule has 0 aliphatic carbocycles. The zero-order chi connectivity index (χ0) is 6.85. The molecule has 0 bridgehead atoms. The Morgan fingerprint density at radius 1 is 1.11 bits per heavy atom. The van der Waals surface area contributed by atoms with Crippen LogP contribution in [0.4, 0.5) is 0 Å². The highest BCUT2D eigenvalue weighted by Gasteiger charge is 2.17. The molecule has 1 aliphatic heterocycles. The predicted octanol–water partition coefficient (Wildman–Crippen LogP) is 1.12. The minimum absolute atomic E-state index is 0.000000000000000444. The van der Waals surface area contributed by atoms with Gasteiger partial charge in [0, 0.05) is 0 Å². The molecule has 0 aromatic heterocycles. The molecule has 0 amide bonds. The van der Waals surface area contributed by atoms with Crippen LogP contribution in [0.3, 0.4) is 0 Å². The molecular weight excluding hydrogens is 184 g/mol. The van der Waals surface area contributed by atoms with Gasteiger partial charge in [-0.25, -0.2) is 0 Å². The molecule has 0 saturated heterocycles. The Hall–Kier alpha value is -0.120. The first-order chi connectivity index (χ1) is 4.18. The van der Waals surface area contributed by atoms with Crippen molar-refractivity contribution in [2.75, 3.05) is 0 Å². The molecule has 3 nitrogen and oxygen atoms in total. The van der Waals surface area contributed by atoms with Crippen molar-refractivity contribution < 1.29 is 0 Å². The van der Waals surface area contributed by atoms with Gasteiger partial charge in [-0.05, 0) is 49.8 Å². The van der Waals surface area contributed by atoms with Crippen molar-refractivity contribution in [2.24, 2.45) is 9.98 Å². The summed E-state index contributed by atoms with van der Waals surface area (Å²) in [7, 11) is 0. The molecule has 0 fully saturated rings. The van der Waals surface area contributed by atoms with E-state index < -0.39 is 0 Å². The number of amidine groups is 3. The van der Waals surface area contributed by atoms with Crippen molar-refractivity contribution in [3.05, 3.63) is 0 Å². The fraction of sp³-hybridized carbons (Fsp3) is 0. The normalized spacial score (nSPS) is 18.3. The highest BCUT2D eigenvalue weighted by molar-refractivity contribution is 6.77. The molecule has 0 unspecified atom stereocenters. The smallest absolute Gasteiger partial charge is 0.0383 e. The molecule has 9 heavy (non-hydrogen) atoms. The molecule has 0 aromatic carbocycles. The molecule has 6 heteroatoms. The third-order valence-electron chi connectivity index (χ3n) is 0.554. The van der Waals surface area contributed by atoms with Crippen molar-refractivity contribution in [2.45, 2.75) is 0 Å². The van der Waals surface area contributed by atoms with Crippen molar-refractivity contribution in [3.8, 4) is 0 Å². The maximum Gasteiger partial charge on any atom is 0.374 e. The lowest BCUT2D eigenvalue weighted by Crippen LogP contribution is -2.10. The van der Waals surface area contributed by atoms with E-state index in [0.717, 1.165) is 0 Å². The molecule has 0 spiro atoms. The molecule has 1 aliphatic rings. The van der Waals surface area contributed by atoms with Crippen LogP contribution in [0.2, 0.25) is 0 Å². The van der Waals surface area contributed by atoms with Gasteiger partial charge in [-0.3, -0.25) is 0 Å². The molecule has 47 valence electrons. The number of aliphatic imine (C=N–C) groups is 3. The topological polar surface area (TPSA) is 38.8 Å². The van der Waals surface area contributed by atoms with Crippen LogP contribution in [0.25, 0.3) is 0 Å².